The molecule has 2 fully saturated rings. The van der Waals surface area contributed by atoms with Gasteiger partial charge in [-0.05, 0) is 71.5 Å². The van der Waals surface area contributed by atoms with Crippen molar-refractivity contribution in [2.75, 3.05) is 36.0 Å². The lowest BCUT2D eigenvalue weighted by Gasteiger charge is -2.30. The molecule has 6 aromatic rings. The van der Waals surface area contributed by atoms with Crippen molar-refractivity contribution in [2.24, 2.45) is 17.6 Å². The number of primary amides is 1. The van der Waals surface area contributed by atoms with Crippen LogP contribution in [0.3, 0.4) is 0 Å². The molecule has 0 saturated carbocycles. The number of fused-ring (bicyclic) bond motifs is 2. The van der Waals surface area contributed by atoms with Gasteiger partial charge in [-0.2, -0.15) is 5.26 Å². The maximum atomic E-state index is 11.3. The van der Waals surface area contributed by atoms with E-state index in [-0.39, 0.29) is 17.7 Å². The quantitative estimate of drug-likeness (QED) is 0.212. The number of anilines is 2. The minimum Gasteiger partial charge on any atom is -0.369 e. The van der Waals surface area contributed by atoms with E-state index in [1.54, 1.807) is 6.20 Å². The van der Waals surface area contributed by atoms with Gasteiger partial charge in [0.1, 0.15) is 0 Å². The summed E-state index contributed by atoms with van der Waals surface area (Å²) in [6, 6.07) is 35.7. The number of piperidine rings is 2. The van der Waals surface area contributed by atoms with E-state index in [9.17, 15) is 4.79 Å². The summed E-state index contributed by atoms with van der Waals surface area (Å²) >= 11 is 0. The monoisotopic (exact) mass is 646 g/mol. The molecule has 0 unspecified atom stereocenters. The van der Waals surface area contributed by atoms with Gasteiger partial charge in [-0.25, -0.2) is 19.9 Å². The Kier molecular flexibility index (Phi) is 9.37. The van der Waals surface area contributed by atoms with Crippen molar-refractivity contribution in [3.63, 3.8) is 0 Å². The van der Waals surface area contributed by atoms with Crippen molar-refractivity contribution in [1.29, 1.82) is 5.26 Å². The number of aromatic nitrogens is 4. The minimum absolute atomic E-state index is 0.0279. The van der Waals surface area contributed by atoms with Gasteiger partial charge in [-0.1, -0.05) is 72.8 Å². The Balaban J connectivity index is 0.000000154. The van der Waals surface area contributed by atoms with E-state index >= 15 is 0 Å². The molecule has 8 rings (SSSR count). The highest BCUT2D eigenvalue weighted by Crippen LogP contribution is 2.27. The zero-order chi connectivity index (χ0) is 33.6. The molecule has 4 aromatic carbocycles. The third-order valence-electron chi connectivity index (χ3n) is 9.52. The first-order chi connectivity index (χ1) is 24.0. The second-order valence-electron chi connectivity index (χ2n) is 12.7. The van der Waals surface area contributed by atoms with E-state index in [0.717, 1.165) is 80.3 Å². The molecule has 9 heteroatoms. The van der Waals surface area contributed by atoms with Crippen molar-refractivity contribution in [1.82, 2.24) is 19.9 Å². The van der Waals surface area contributed by atoms with Crippen LogP contribution in [0.1, 0.15) is 25.7 Å². The average molecular weight is 647 g/mol. The number of nitrogens with two attached hydrogens (primary N) is 1. The number of nitrogens with zero attached hydrogens (tertiary/aromatic N) is 7. The van der Waals surface area contributed by atoms with E-state index in [1.165, 1.54) is 21.5 Å². The molecule has 0 aliphatic carbocycles. The highest BCUT2D eigenvalue weighted by molar-refractivity contribution is 5.87. The van der Waals surface area contributed by atoms with E-state index < -0.39 is 0 Å². The second kappa shape index (κ2) is 14.5. The van der Waals surface area contributed by atoms with Crippen molar-refractivity contribution in [3.8, 4) is 28.6 Å². The molecular formula is C40H38N8O. The SMILES string of the molecule is N#CC1CCN(c2nccc(-c3ccc4ccccc4c3)n2)CC1.NC(=O)C1CCN(c2nccc(-c3ccc4ccccc4c3)n2)CC1. The third-order valence-corrected chi connectivity index (χ3v) is 9.52. The zero-order valence-corrected chi connectivity index (χ0v) is 27.3. The topological polar surface area (TPSA) is 125 Å². The Labute approximate surface area is 286 Å². The first-order valence-electron chi connectivity index (χ1n) is 16.9. The molecular weight excluding hydrogens is 608 g/mol. The van der Waals surface area contributed by atoms with Crippen LogP contribution in [-0.2, 0) is 4.79 Å². The van der Waals surface area contributed by atoms with Crippen molar-refractivity contribution >= 4 is 39.3 Å². The average Bonchev–Trinajstić information content (AvgIpc) is 3.18. The number of hydrogen-bond donors (Lipinski definition) is 1. The van der Waals surface area contributed by atoms with Gasteiger partial charge in [0.25, 0.3) is 0 Å². The molecule has 0 radical (unpaired) electrons. The molecule has 2 aliphatic rings. The van der Waals surface area contributed by atoms with Gasteiger partial charge in [-0.15, -0.1) is 0 Å². The van der Waals surface area contributed by atoms with Crippen LogP contribution in [0.2, 0.25) is 0 Å². The maximum Gasteiger partial charge on any atom is 0.225 e. The van der Waals surface area contributed by atoms with Crippen LogP contribution in [0.25, 0.3) is 44.1 Å². The van der Waals surface area contributed by atoms with E-state index in [1.807, 2.05) is 30.5 Å². The zero-order valence-electron chi connectivity index (χ0n) is 27.3. The molecule has 2 N–H and O–H groups in total. The van der Waals surface area contributed by atoms with Crippen molar-refractivity contribution in [2.45, 2.75) is 25.7 Å². The number of benzene rings is 4. The second-order valence-corrected chi connectivity index (χ2v) is 12.7. The van der Waals surface area contributed by atoms with Crippen LogP contribution in [0.5, 0.6) is 0 Å². The smallest absolute Gasteiger partial charge is 0.225 e. The van der Waals surface area contributed by atoms with Crippen LogP contribution >= 0.6 is 0 Å². The predicted octanol–water partition coefficient (Wildman–Crippen LogP) is 7.04. The lowest BCUT2D eigenvalue weighted by Crippen LogP contribution is -2.39. The highest BCUT2D eigenvalue weighted by Gasteiger charge is 2.25. The Bertz CT molecular complexity index is 2130. The summed E-state index contributed by atoms with van der Waals surface area (Å²) in [6.45, 7) is 3.21. The number of amides is 1. The highest BCUT2D eigenvalue weighted by atomic mass is 16.1. The predicted molar refractivity (Wildman–Crippen MR) is 195 cm³/mol. The summed E-state index contributed by atoms with van der Waals surface area (Å²) in [5, 5.41) is 13.9. The van der Waals surface area contributed by atoms with Gasteiger partial charge >= 0.3 is 0 Å². The fourth-order valence-electron chi connectivity index (χ4n) is 6.59. The molecule has 0 atom stereocenters. The van der Waals surface area contributed by atoms with Crippen LogP contribution in [0.4, 0.5) is 11.9 Å². The van der Waals surface area contributed by atoms with E-state index in [4.69, 9.17) is 21.0 Å². The maximum absolute atomic E-state index is 11.3. The summed E-state index contributed by atoms with van der Waals surface area (Å²) in [4.78, 5) is 34.0. The van der Waals surface area contributed by atoms with Crippen LogP contribution in [0, 0.1) is 23.2 Å². The number of rotatable bonds is 5. The minimum atomic E-state index is -0.203. The number of carbonyl (C=O) groups is 1. The van der Waals surface area contributed by atoms with Gasteiger partial charge in [0.15, 0.2) is 0 Å². The van der Waals surface area contributed by atoms with Gasteiger partial charge in [0.2, 0.25) is 17.8 Å². The normalized spacial score (nSPS) is 15.4. The van der Waals surface area contributed by atoms with Crippen LogP contribution < -0.4 is 15.5 Å². The van der Waals surface area contributed by atoms with Gasteiger partial charge in [-0.3, -0.25) is 4.79 Å². The van der Waals surface area contributed by atoms with Crippen molar-refractivity contribution < 1.29 is 4.79 Å². The standard InChI is InChI=1S/C20H20N4O.C20H18N4/c21-19(25)15-8-11-24(12-9-15)20-22-10-7-18(23-20)17-6-5-14-3-1-2-4-16(14)13-17;21-14-15-8-11-24(12-9-15)20-22-10-7-19(23-20)18-6-5-16-3-1-2-4-17(16)13-18/h1-7,10,13,15H,8-9,11-12H2,(H2,21,25);1-7,10,13,15H,8-9,11-12H2. The number of carbonyl (C=O) groups excluding carboxylic acids is 1. The summed E-state index contributed by atoms with van der Waals surface area (Å²) < 4.78 is 0. The lowest BCUT2D eigenvalue weighted by molar-refractivity contribution is -0.122. The molecule has 2 aliphatic heterocycles. The Hall–Kier alpha value is -5.88. The molecule has 49 heavy (non-hydrogen) atoms. The fraction of sp³-hybridized carbons (Fsp3) is 0.250. The number of hydrogen-bond acceptors (Lipinski definition) is 8. The largest absolute Gasteiger partial charge is 0.369 e. The first kappa shape index (κ1) is 31.7. The van der Waals surface area contributed by atoms with E-state index in [2.05, 4.69) is 98.6 Å². The van der Waals surface area contributed by atoms with Crippen LogP contribution in [0.15, 0.2) is 109 Å². The van der Waals surface area contributed by atoms with Gasteiger partial charge in [0.05, 0.1) is 17.5 Å². The fourth-order valence-corrected chi connectivity index (χ4v) is 6.59. The molecule has 4 heterocycles. The van der Waals surface area contributed by atoms with E-state index in [0.29, 0.717) is 5.95 Å². The summed E-state index contributed by atoms with van der Waals surface area (Å²) in [6.07, 6.45) is 6.92. The Morgan fingerprint density at radius 1 is 0.633 bits per heavy atom. The molecule has 1 amide bonds. The summed E-state index contributed by atoms with van der Waals surface area (Å²) in [5.41, 5.74) is 9.44. The first-order valence-corrected chi connectivity index (χ1v) is 16.9. The lowest BCUT2D eigenvalue weighted by atomic mass is 9.96. The van der Waals surface area contributed by atoms with Gasteiger partial charge in [0, 0.05) is 61.5 Å². The molecule has 0 spiro atoms. The Morgan fingerprint density at radius 2 is 1.08 bits per heavy atom. The van der Waals surface area contributed by atoms with Crippen LogP contribution in [-0.4, -0.2) is 52.0 Å². The molecule has 0 bridgehead atoms. The molecule has 2 aromatic heterocycles. The van der Waals surface area contributed by atoms with Crippen molar-refractivity contribution in [3.05, 3.63) is 109 Å². The third kappa shape index (κ3) is 7.34. The molecule has 9 nitrogen and oxygen atoms in total. The number of nitriles is 1. The molecule has 244 valence electrons. The summed E-state index contributed by atoms with van der Waals surface area (Å²) in [5.74, 6) is 1.42. The summed E-state index contributed by atoms with van der Waals surface area (Å²) in [7, 11) is 0. The Morgan fingerprint density at radius 3 is 1.53 bits per heavy atom. The van der Waals surface area contributed by atoms with Gasteiger partial charge < -0.3 is 15.5 Å². The molecule has 2 saturated heterocycles.